The van der Waals surface area contributed by atoms with Crippen molar-refractivity contribution in [2.24, 2.45) is 0 Å². The van der Waals surface area contributed by atoms with E-state index in [1.807, 2.05) is 30.3 Å². The third-order valence-electron chi connectivity index (χ3n) is 7.47. The third-order valence-corrected chi connectivity index (χ3v) is 11.4. The third kappa shape index (κ3) is 4.80. The second-order valence-corrected chi connectivity index (χ2v) is 13.6. The van der Waals surface area contributed by atoms with Crippen LogP contribution in [0.2, 0.25) is 0 Å². The van der Waals surface area contributed by atoms with E-state index in [1.165, 1.54) is 26.7 Å². The van der Waals surface area contributed by atoms with E-state index in [2.05, 4.69) is 133 Å². The molecule has 0 aliphatic heterocycles. The molecule has 0 saturated carbocycles. The zero-order valence-corrected chi connectivity index (χ0v) is 24.1. The number of fused-ring (bicyclic) bond motifs is 2. The molecule has 0 heterocycles. The molecule has 196 valence electrons. The van der Waals surface area contributed by atoms with Crippen molar-refractivity contribution in [2.75, 3.05) is 0 Å². The maximum absolute atomic E-state index is 14.4. The Morgan fingerprint density at radius 3 is 1.46 bits per heavy atom. The number of rotatable bonds is 6. The summed E-state index contributed by atoms with van der Waals surface area (Å²) in [6.45, 7) is 0. The van der Waals surface area contributed by atoms with E-state index in [4.69, 9.17) is 0 Å². The first-order chi connectivity index (χ1) is 20.3. The fourth-order valence-corrected chi connectivity index (χ4v) is 9.35. The molecule has 41 heavy (non-hydrogen) atoms. The Hall–Kier alpha value is -4.36. The van der Waals surface area contributed by atoms with Crippen LogP contribution in [0.5, 0.6) is 0 Å². The van der Waals surface area contributed by atoms with Crippen molar-refractivity contribution in [1.82, 2.24) is 0 Å². The van der Waals surface area contributed by atoms with Crippen LogP contribution in [0.15, 0.2) is 174 Å². The van der Waals surface area contributed by atoms with E-state index in [1.54, 1.807) is 0 Å². The highest BCUT2D eigenvalue weighted by atomic mass is 32.2. The highest BCUT2D eigenvalue weighted by Crippen LogP contribution is 2.44. The van der Waals surface area contributed by atoms with Crippen molar-refractivity contribution in [2.45, 2.75) is 9.79 Å². The molecule has 1 unspecified atom stereocenters. The van der Waals surface area contributed by atoms with Gasteiger partial charge in [-0.3, -0.25) is 0 Å². The molecular formula is C38H27OPS. The van der Waals surface area contributed by atoms with Crippen LogP contribution in [0.4, 0.5) is 0 Å². The van der Waals surface area contributed by atoms with Crippen molar-refractivity contribution in [3.05, 3.63) is 164 Å². The van der Waals surface area contributed by atoms with Crippen molar-refractivity contribution in [3.63, 3.8) is 0 Å². The minimum Gasteiger partial charge on any atom is -0.249 e. The van der Waals surface area contributed by atoms with E-state index in [0.29, 0.717) is 0 Å². The summed E-state index contributed by atoms with van der Waals surface area (Å²) in [5.41, 5.74) is 2.22. The van der Waals surface area contributed by atoms with E-state index >= 15 is 0 Å². The molecule has 0 aromatic heterocycles. The zero-order chi connectivity index (χ0) is 27.6. The predicted molar refractivity (Wildman–Crippen MR) is 177 cm³/mol. The SMILES string of the molecule is O=S(c1ccccc1)c1ccc2ccccc2c1-c1c(P(c2ccccc2)c2ccccc2)ccc2ccccc12. The van der Waals surface area contributed by atoms with Gasteiger partial charge in [0.2, 0.25) is 0 Å². The van der Waals surface area contributed by atoms with E-state index in [0.717, 1.165) is 31.7 Å². The van der Waals surface area contributed by atoms with Gasteiger partial charge in [0.05, 0.1) is 15.7 Å². The Bertz CT molecular complexity index is 1960. The summed E-state index contributed by atoms with van der Waals surface area (Å²) in [6.07, 6.45) is 0. The number of benzene rings is 7. The van der Waals surface area contributed by atoms with Crippen LogP contribution in [0.25, 0.3) is 32.7 Å². The molecule has 7 rings (SSSR count). The van der Waals surface area contributed by atoms with Gasteiger partial charge in [-0.15, -0.1) is 0 Å². The van der Waals surface area contributed by atoms with Gasteiger partial charge in [-0.05, 0) is 69.1 Å². The standard InChI is InChI=1S/C38H27OPS/c39-41(32-20-8-3-9-21-32)36-27-25-29-15-11-13-23-34(29)38(36)37-33-22-12-10-14-28(33)24-26-35(37)40(30-16-4-1-5-17-30)31-18-6-2-7-19-31/h1-27H. The lowest BCUT2D eigenvalue weighted by Crippen LogP contribution is -2.22. The first-order valence-electron chi connectivity index (χ1n) is 13.7. The number of hydrogen-bond acceptors (Lipinski definition) is 1. The van der Waals surface area contributed by atoms with Crippen LogP contribution in [-0.2, 0) is 10.8 Å². The minimum atomic E-state index is -1.36. The average Bonchev–Trinajstić information content (AvgIpc) is 3.05. The summed E-state index contributed by atoms with van der Waals surface area (Å²) in [4.78, 5) is 1.64. The van der Waals surface area contributed by atoms with Crippen molar-refractivity contribution in [1.29, 1.82) is 0 Å². The number of hydrogen-bond donors (Lipinski definition) is 0. The smallest absolute Gasteiger partial charge is 0.0856 e. The lowest BCUT2D eigenvalue weighted by atomic mass is 9.94. The molecule has 0 N–H and O–H groups in total. The lowest BCUT2D eigenvalue weighted by molar-refractivity contribution is 0.683. The van der Waals surface area contributed by atoms with Crippen molar-refractivity contribution >= 4 is 56.2 Å². The summed E-state index contributed by atoms with van der Waals surface area (Å²) in [5, 5.41) is 8.44. The monoisotopic (exact) mass is 562 g/mol. The van der Waals surface area contributed by atoms with Crippen LogP contribution in [0, 0.1) is 0 Å². The fraction of sp³-hybridized carbons (Fsp3) is 0. The second-order valence-electron chi connectivity index (χ2n) is 9.93. The fourth-order valence-electron chi connectivity index (χ4n) is 5.63. The van der Waals surface area contributed by atoms with E-state index in [9.17, 15) is 4.21 Å². The molecule has 0 bridgehead atoms. The Morgan fingerprint density at radius 1 is 0.415 bits per heavy atom. The van der Waals surface area contributed by atoms with Gasteiger partial charge in [0.1, 0.15) is 0 Å². The highest BCUT2D eigenvalue weighted by Gasteiger charge is 2.26. The van der Waals surface area contributed by atoms with Crippen LogP contribution in [-0.4, -0.2) is 4.21 Å². The lowest BCUT2D eigenvalue weighted by Gasteiger charge is -2.25. The molecule has 0 spiro atoms. The normalized spacial score (nSPS) is 12.1. The van der Waals surface area contributed by atoms with Crippen LogP contribution in [0.1, 0.15) is 0 Å². The molecular weight excluding hydrogens is 535 g/mol. The van der Waals surface area contributed by atoms with Gasteiger partial charge in [0, 0.05) is 10.5 Å². The minimum absolute atomic E-state index is 0.805. The largest absolute Gasteiger partial charge is 0.249 e. The summed E-state index contributed by atoms with van der Waals surface area (Å²) in [5.74, 6) is 0. The van der Waals surface area contributed by atoms with Crippen LogP contribution < -0.4 is 15.9 Å². The molecule has 0 aliphatic carbocycles. The molecule has 1 atom stereocenters. The summed E-state index contributed by atoms with van der Waals surface area (Å²) in [6, 6.07) is 57.2. The van der Waals surface area contributed by atoms with Crippen LogP contribution >= 0.6 is 7.92 Å². The molecule has 0 fully saturated rings. The Morgan fingerprint density at radius 2 is 0.878 bits per heavy atom. The predicted octanol–water partition coefficient (Wildman–Crippen LogP) is 8.58. The maximum Gasteiger partial charge on any atom is 0.0856 e. The molecule has 0 saturated heterocycles. The Balaban J connectivity index is 1.62. The van der Waals surface area contributed by atoms with Crippen molar-refractivity contribution < 1.29 is 4.21 Å². The van der Waals surface area contributed by atoms with E-state index < -0.39 is 18.7 Å². The van der Waals surface area contributed by atoms with Gasteiger partial charge in [-0.25, -0.2) is 4.21 Å². The van der Waals surface area contributed by atoms with Gasteiger partial charge < -0.3 is 0 Å². The van der Waals surface area contributed by atoms with Gasteiger partial charge in [-0.1, -0.05) is 146 Å². The molecule has 3 heteroatoms. The van der Waals surface area contributed by atoms with E-state index in [-0.39, 0.29) is 0 Å². The highest BCUT2D eigenvalue weighted by molar-refractivity contribution is 7.85. The zero-order valence-electron chi connectivity index (χ0n) is 22.4. The first-order valence-corrected chi connectivity index (χ1v) is 16.2. The Labute approximate surface area is 244 Å². The maximum atomic E-state index is 14.4. The molecule has 0 radical (unpaired) electrons. The van der Waals surface area contributed by atoms with Gasteiger partial charge in [-0.2, -0.15) is 0 Å². The summed E-state index contributed by atoms with van der Waals surface area (Å²) >= 11 is 0. The average molecular weight is 563 g/mol. The second kappa shape index (κ2) is 11.3. The van der Waals surface area contributed by atoms with Gasteiger partial charge >= 0.3 is 0 Å². The van der Waals surface area contributed by atoms with Crippen molar-refractivity contribution in [3.8, 4) is 11.1 Å². The van der Waals surface area contributed by atoms with Crippen LogP contribution in [0.3, 0.4) is 0 Å². The van der Waals surface area contributed by atoms with Gasteiger partial charge in [0.15, 0.2) is 0 Å². The molecule has 1 nitrogen and oxygen atoms in total. The molecule has 0 amide bonds. The summed E-state index contributed by atoms with van der Waals surface area (Å²) < 4.78 is 14.4. The first kappa shape index (κ1) is 25.6. The molecule has 7 aromatic rings. The Kier molecular flexibility index (Phi) is 7.03. The summed E-state index contributed by atoms with van der Waals surface area (Å²) in [7, 11) is -2.26. The van der Waals surface area contributed by atoms with Gasteiger partial charge in [0.25, 0.3) is 0 Å². The quantitative estimate of drug-likeness (QED) is 0.186. The molecule has 0 aliphatic rings. The topological polar surface area (TPSA) is 17.1 Å². The molecule has 7 aromatic carbocycles.